The zero-order chi connectivity index (χ0) is 19.8. The van der Waals surface area contributed by atoms with E-state index in [1.54, 1.807) is 0 Å². The second-order valence-corrected chi connectivity index (χ2v) is 5.72. The van der Waals surface area contributed by atoms with Crippen LogP contribution in [-0.2, 0) is 4.74 Å². The molecule has 1 aromatic carbocycles. The van der Waals surface area contributed by atoms with Gasteiger partial charge in [-0.1, -0.05) is 24.3 Å². The topological polar surface area (TPSA) is 29.5 Å². The van der Waals surface area contributed by atoms with Crippen molar-refractivity contribution in [3.05, 3.63) is 53.6 Å². The molecule has 0 saturated carbocycles. The number of rotatable bonds is 3. The maximum Gasteiger partial charge on any atom is 0.415 e. The number of benzene rings is 1. The maximum absolute atomic E-state index is 13.9. The lowest BCUT2D eigenvalue weighted by Gasteiger charge is -2.44. The molecule has 2 rings (SSSR count). The summed E-state index contributed by atoms with van der Waals surface area (Å²) in [6.45, 7) is 0. The molecule has 1 unspecified atom stereocenters. The molecule has 26 heavy (non-hydrogen) atoms. The molecule has 3 nitrogen and oxygen atoms in total. The smallest absolute Gasteiger partial charge is 0.415 e. The van der Waals surface area contributed by atoms with Crippen LogP contribution in [0.25, 0.3) is 0 Å². The van der Waals surface area contributed by atoms with Gasteiger partial charge in [0.1, 0.15) is 0 Å². The summed E-state index contributed by atoms with van der Waals surface area (Å²) in [5.41, 5.74) is -4.64. The number of nitrogens with zero attached hydrogens (tertiary/aromatic N) is 1. The minimum absolute atomic E-state index is 0.183. The van der Waals surface area contributed by atoms with Gasteiger partial charge in [0.05, 0.1) is 18.4 Å². The lowest BCUT2D eigenvalue weighted by molar-refractivity contribution is -0.176. The Labute approximate surface area is 145 Å². The van der Waals surface area contributed by atoms with E-state index in [-0.39, 0.29) is 11.3 Å². The van der Waals surface area contributed by atoms with Crippen molar-refractivity contribution in [1.29, 1.82) is 0 Å². The number of carbonyl (C=O) groups excluding carboxylic acids is 1. The van der Waals surface area contributed by atoms with Gasteiger partial charge in [-0.3, -0.25) is 0 Å². The largest absolute Gasteiger partial charge is 0.465 e. The number of ether oxygens (including phenoxy) is 1. The lowest BCUT2D eigenvalue weighted by Crippen LogP contribution is -2.58. The van der Waals surface area contributed by atoms with Crippen LogP contribution in [0.15, 0.2) is 48.1 Å². The zero-order valence-corrected chi connectivity index (χ0v) is 13.8. The second-order valence-electron chi connectivity index (χ2n) is 5.72. The van der Waals surface area contributed by atoms with Crippen LogP contribution in [0.4, 0.5) is 32.0 Å². The predicted octanol–water partition coefficient (Wildman–Crippen LogP) is 4.66. The molecule has 0 N–H and O–H groups in total. The van der Waals surface area contributed by atoms with Gasteiger partial charge in [-0.2, -0.15) is 26.3 Å². The zero-order valence-electron chi connectivity index (χ0n) is 13.8. The first kappa shape index (κ1) is 19.9. The molecule has 1 aliphatic rings. The van der Waals surface area contributed by atoms with E-state index in [1.165, 1.54) is 24.3 Å². The molecule has 0 heterocycles. The number of alkyl halides is 6. The van der Waals surface area contributed by atoms with Crippen molar-refractivity contribution in [2.45, 2.75) is 24.3 Å². The third-order valence-electron chi connectivity index (χ3n) is 4.25. The third kappa shape index (κ3) is 3.42. The number of carbonyl (C=O) groups is 1. The molecule has 1 aliphatic carbocycles. The monoisotopic (exact) mass is 379 g/mol. The number of allylic oxidation sites excluding steroid dienone is 2. The fraction of sp³-hybridized carbons (Fsp3) is 0.353. The van der Waals surface area contributed by atoms with E-state index in [1.807, 2.05) is 0 Å². The average Bonchev–Trinajstić information content (AvgIpc) is 2.58. The van der Waals surface area contributed by atoms with Gasteiger partial charge in [-0.25, -0.2) is 4.79 Å². The van der Waals surface area contributed by atoms with Crippen molar-refractivity contribution in [2.24, 2.45) is 0 Å². The van der Waals surface area contributed by atoms with E-state index >= 15 is 0 Å². The van der Waals surface area contributed by atoms with Crippen molar-refractivity contribution in [3.63, 3.8) is 0 Å². The van der Waals surface area contributed by atoms with Crippen LogP contribution >= 0.6 is 0 Å². The van der Waals surface area contributed by atoms with Gasteiger partial charge < -0.3 is 9.64 Å². The van der Waals surface area contributed by atoms with Crippen molar-refractivity contribution in [1.82, 2.24) is 0 Å². The maximum atomic E-state index is 13.9. The van der Waals surface area contributed by atoms with E-state index < -0.39 is 35.9 Å². The molecule has 0 fully saturated rings. The van der Waals surface area contributed by atoms with Crippen molar-refractivity contribution < 1.29 is 35.9 Å². The SMILES string of the molecule is COC(=O)c1ccccc1N(C)C1(C(F)(F)F)C=CC=C(C(F)(F)F)C1. The van der Waals surface area contributed by atoms with Gasteiger partial charge in [0.15, 0.2) is 5.54 Å². The molecule has 1 atom stereocenters. The van der Waals surface area contributed by atoms with Gasteiger partial charge >= 0.3 is 18.3 Å². The molecule has 142 valence electrons. The van der Waals surface area contributed by atoms with Crippen LogP contribution in [0.1, 0.15) is 16.8 Å². The number of methoxy groups -OCH3 is 1. The Morgan fingerprint density at radius 1 is 1.15 bits per heavy atom. The molecule has 1 aromatic rings. The van der Waals surface area contributed by atoms with Crippen LogP contribution in [0, 0.1) is 0 Å². The Bertz CT molecular complexity index is 750. The molecule has 0 spiro atoms. The van der Waals surface area contributed by atoms with Crippen molar-refractivity contribution in [3.8, 4) is 0 Å². The third-order valence-corrected chi connectivity index (χ3v) is 4.25. The van der Waals surface area contributed by atoms with Crippen LogP contribution in [0.3, 0.4) is 0 Å². The summed E-state index contributed by atoms with van der Waals surface area (Å²) in [5, 5.41) is 0. The number of likely N-dealkylation sites (N-methyl/N-ethyl adjacent to an activating group) is 1. The van der Waals surface area contributed by atoms with Crippen LogP contribution in [0.2, 0.25) is 0 Å². The van der Waals surface area contributed by atoms with Crippen LogP contribution in [0.5, 0.6) is 0 Å². The van der Waals surface area contributed by atoms with Gasteiger partial charge in [-0.15, -0.1) is 0 Å². The summed E-state index contributed by atoms with van der Waals surface area (Å²) in [7, 11) is 2.06. The molecule has 9 heteroatoms. The molecule has 0 bridgehead atoms. The van der Waals surface area contributed by atoms with E-state index in [0.717, 1.165) is 20.2 Å². The fourth-order valence-electron chi connectivity index (χ4n) is 2.81. The molecular formula is C17H15F6NO2. The Morgan fingerprint density at radius 3 is 2.31 bits per heavy atom. The Hall–Kier alpha value is -2.45. The summed E-state index contributed by atoms with van der Waals surface area (Å²) in [6, 6.07) is 5.27. The first-order valence-electron chi connectivity index (χ1n) is 7.37. The number of hydrogen-bond donors (Lipinski definition) is 0. The minimum atomic E-state index is -5.04. The first-order chi connectivity index (χ1) is 11.9. The summed E-state index contributed by atoms with van der Waals surface area (Å²) < 4.78 is 85.4. The average molecular weight is 379 g/mol. The van der Waals surface area contributed by atoms with E-state index in [2.05, 4.69) is 4.74 Å². The standard InChI is InChI=1S/C17H15F6NO2/c1-24(13-8-4-3-7-12(13)14(25)26-2)15(17(21,22)23)9-5-6-11(10-15)16(18,19)20/h3-9H,10H2,1-2H3. The predicted molar refractivity (Wildman–Crippen MR) is 82.9 cm³/mol. The van der Waals surface area contributed by atoms with Crippen molar-refractivity contribution in [2.75, 3.05) is 19.1 Å². The summed E-state index contributed by atoms with van der Waals surface area (Å²) in [4.78, 5) is 12.5. The molecule has 0 amide bonds. The minimum Gasteiger partial charge on any atom is -0.465 e. The quantitative estimate of drug-likeness (QED) is 0.565. The van der Waals surface area contributed by atoms with Gasteiger partial charge in [0.25, 0.3) is 0 Å². The van der Waals surface area contributed by atoms with Crippen LogP contribution in [-0.4, -0.2) is 38.0 Å². The number of para-hydroxylation sites is 1. The Morgan fingerprint density at radius 2 is 1.77 bits per heavy atom. The summed E-state index contributed by atoms with van der Waals surface area (Å²) in [5.74, 6) is -0.892. The highest BCUT2D eigenvalue weighted by Crippen LogP contribution is 2.47. The van der Waals surface area contributed by atoms with Gasteiger partial charge in [0.2, 0.25) is 0 Å². The number of hydrogen-bond acceptors (Lipinski definition) is 3. The second kappa shape index (κ2) is 6.69. The highest BCUT2D eigenvalue weighted by molar-refractivity contribution is 5.96. The summed E-state index contributed by atoms with van der Waals surface area (Å²) >= 11 is 0. The molecule has 0 aromatic heterocycles. The summed E-state index contributed by atoms with van der Waals surface area (Å²) in [6.07, 6.45) is -9.25. The molecular weight excluding hydrogens is 364 g/mol. The fourth-order valence-corrected chi connectivity index (χ4v) is 2.81. The number of esters is 1. The van der Waals surface area contributed by atoms with E-state index in [0.29, 0.717) is 17.1 Å². The number of anilines is 1. The molecule has 0 radical (unpaired) electrons. The first-order valence-corrected chi connectivity index (χ1v) is 7.37. The lowest BCUT2D eigenvalue weighted by atomic mass is 9.83. The van der Waals surface area contributed by atoms with Crippen LogP contribution < -0.4 is 4.90 Å². The van der Waals surface area contributed by atoms with E-state index in [9.17, 15) is 31.1 Å². The van der Waals surface area contributed by atoms with Gasteiger partial charge in [0, 0.05) is 19.0 Å². The highest BCUT2D eigenvalue weighted by Gasteiger charge is 2.59. The van der Waals surface area contributed by atoms with E-state index in [4.69, 9.17) is 0 Å². The Balaban J connectivity index is 2.60. The normalized spacial score (nSPS) is 20.5. The Kier molecular flexibility index (Phi) is 5.12. The highest BCUT2D eigenvalue weighted by atomic mass is 19.4. The van der Waals surface area contributed by atoms with Crippen molar-refractivity contribution >= 4 is 11.7 Å². The molecule has 0 aliphatic heterocycles. The van der Waals surface area contributed by atoms with Gasteiger partial charge in [-0.05, 0) is 18.2 Å². The number of halogens is 6. The molecule has 0 saturated heterocycles.